The van der Waals surface area contributed by atoms with Gasteiger partial charge in [-0.1, -0.05) is 18.8 Å². The van der Waals surface area contributed by atoms with Gasteiger partial charge in [0.15, 0.2) is 0 Å². The summed E-state index contributed by atoms with van der Waals surface area (Å²) in [6, 6.07) is 3.33. The van der Waals surface area contributed by atoms with Gasteiger partial charge in [0.2, 0.25) is 5.91 Å². The molecule has 1 aromatic heterocycles. The minimum atomic E-state index is -0.344. The number of aliphatic hydroxyl groups excluding tert-OH is 1. The number of amides is 2. The topological polar surface area (TPSA) is 82.5 Å². The van der Waals surface area contributed by atoms with Crippen molar-refractivity contribution in [1.82, 2.24) is 15.2 Å². The highest BCUT2D eigenvalue weighted by Crippen LogP contribution is 2.08. The summed E-state index contributed by atoms with van der Waals surface area (Å²) in [5.41, 5.74) is 0.630. The molecule has 1 heterocycles. The Morgan fingerprint density at radius 1 is 1.48 bits per heavy atom. The van der Waals surface area contributed by atoms with Crippen molar-refractivity contribution in [1.29, 1.82) is 0 Å². The maximum absolute atomic E-state index is 12.5. The Labute approximate surface area is 124 Å². The Bertz CT molecular complexity index is 561. The third kappa shape index (κ3) is 4.89. The van der Waals surface area contributed by atoms with Crippen LogP contribution in [0.3, 0.4) is 0 Å². The van der Waals surface area contributed by atoms with E-state index in [0.29, 0.717) is 12.1 Å². The number of carbonyl (C=O) groups is 2. The van der Waals surface area contributed by atoms with E-state index >= 15 is 0 Å². The van der Waals surface area contributed by atoms with Gasteiger partial charge in [-0.25, -0.2) is 4.98 Å². The molecule has 0 fully saturated rings. The van der Waals surface area contributed by atoms with Gasteiger partial charge in [-0.2, -0.15) is 0 Å². The summed E-state index contributed by atoms with van der Waals surface area (Å²) >= 11 is 0. The second-order valence-corrected chi connectivity index (χ2v) is 4.26. The van der Waals surface area contributed by atoms with Gasteiger partial charge in [0.05, 0.1) is 12.1 Å². The second-order valence-electron chi connectivity index (χ2n) is 4.26. The van der Waals surface area contributed by atoms with Crippen LogP contribution in [0.4, 0.5) is 0 Å². The first-order valence-corrected chi connectivity index (χ1v) is 6.68. The molecule has 6 nitrogen and oxygen atoms in total. The van der Waals surface area contributed by atoms with Crippen LogP contribution >= 0.6 is 0 Å². The molecule has 112 valence electrons. The first-order valence-electron chi connectivity index (χ1n) is 6.68. The van der Waals surface area contributed by atoms with E-state index in [2.05, 4.69) is 22.1 Å². The summed E-state index contributed by atoms with van der Waals surface area (Å²) in [4.78, 5) is 29.5. The van der Waals surface area contributed by atoms with Crippen LogP contribution < -0.4 is 5.32 Å². The Hall–Kier alpha value is -2.39. The van der Waals surface area contributed by atoms with E-state index in [4.69, 9.17) is 5.11 Å². The minimum absolute atomic E-state index is 0.0212. The molecule has 0 aliphatic carbocycles. The van der Waals surface area contributed by atoms with Crippen molar-refractivity contribution < 1.29 is 14.7 Å². The molecule has 0 saturated heterocycles. The van der Waals surface area contributed by atoms with E-state index in [1.165, 1.54) is 18.1 Å². The lowest BCUT2D eigenvalue weighted by molar-refractivity contribution is -0.121. The van der Waals surface area contributed by atoms with Crippen LogP contribution in [0.1, 0.15) is 29.4 Å². The number of nitrogens with zero attached hydrogens (tertiary/aromatic N) is 2. The smallest absolute Gasteiger partial charge is 0.274 e. The highest BCUT2D eigenvalue weighted by molar-refractivity contribution is 5.96. The maximum atomic E-state index is 12.5. The van der Waals surface area contributed by atoms with Crippen LogP contribution in [0.15, 0.2) is 18.3 Å². The number of nitrogens with one attached hydrogen (secondary N) is 1. The molecule has 21 heavy (non-hydrogen) atoms. The van der Waals surface area contributed by atoms with E-state index in [1.54, 1.807) is 12.1 Å². The highest BCUT2D eigenvalue weighted by atomic mass is 16.2. The van der Waals surface area contributed by atoms with Crippen LogP contribution in [-0.4, -0.2) is 53.5 Å². The molecule has 1 aromatic rings. The predicted molar refractivity (Wildman–Crippen MR) is 78.5 cm³/mol. The van der Waals surface area contributed by atoms with Crippen molar-refractivity contribution in [3.63, 3.8) is 0 Å². The second kappa shape index (κ2) is 8.72. The van der Waals surface area contributed by atoms with Gasteiger partial charge < -0.3 is 15.3 Å². The van der Waals surface area contributed by atoms with Crippen molar-refractivity contribution in [3.8, 4) is 11.8 Å². The third-order valence-corrected chi connectivity index (χ3v) is 2.71. The minimum Gasteiger partial charge on any atom is -0.384 e. The summed E-state index contributed by atoms with van der Waals surface area (Å²) < 4.78 is 0. The number of aliphatic hydroxyl groups is 1. The van der Waals surface area contributed by atoms with Crippen LogP contribution in [-0.2, 0) is 4.79 Å². The molecular weight excluding hydrogens is 270 g/mol. The lowest BCUT2D eigenvalue weighted by Gasteiger charge is -2.21. The molecule has 0 unspecified atom stereocenters. The molecule has 0 aliphatic heterocycles. The average Bonchev–Trinajstić information content (AvgIpc) is 2.51. The third-order valence-electron chi connectivity index (χ3n) is 2.71. The summed E-state index contributed by atoms with van der Waals surface area (Å²) in [6.45, 7) is 2.07. The fourth-order valence-electron chi connectivity index (χ4n) is 1.74. The van der Waals surface area contributed by atoms with Gasteiger partial charge in [0, 0.05) is 19.8 Å². The maximum Gasteiger partial charge on any atom is 0.274 e. The molecule has 0 radical (unpaired) electrons. The molecule has 2 amide bonds. The van der Waals surface area contributed by atoms with Crippen molar-refractivity contribution >= 4 is 11.8 Å². The molecule has 0 saturated carbocycles. The van der Waals surface area contributed by atoms with Gasteiger partial charge in [0.25, 0.3) is 5.91 Å². The monoisotopic (exact) mass is 289 g/mol. The van der Waals surface area contributed by atoms with Gasteiger partial charge >= 0.3 is 0 Å². The lowest BCUT2D eigenvalue weighted by Crippen LogP contribution is -2.40. The molecule has 6 heteroatoms. The SMILES string of the molecule is CCCN(CC(=O)NC)C(=O)c1ncccc1C#CCO. The Balaban J connectivity index is 3.05. The molecule has 2 N–H and O–H groups in total. The summed E-state index contributed by atoms with van der Waals surface area (Å²) in [7, 11) is 1.52. The van der Waals surface area contributed by atoms with Crippen LogP contribution in [0.2, 0.25) is 0 Å². The largest absolute Gasteiger partial charge is 0.384 e. The van der Waals surface area contributed by atoms with Crippen molar-refractivity contribution in [2.45, 2.75) is 13.3 Å². The molecule has 0 spiro atoms. The molecular formula is C15H19N3O3. The first kappa shape index (κ1) is 16.7. The summed E-state index contributed by atoms with van der Waals surface area (Å²) in [6.07, 6.45) is 2.23. The van der Waals surface area contributed by atoms with Gasteiger partial charge in [-0.15, -0.1) is 0 Å². The molecule has 0 bridgehead atoms. The summed E-state index contributed by atoms with van der Waals surface area (Å²) in [5, 5.41) is 11.3. The summed E-state index contributed by atoms with van der Waals surface area (Å²) in [5.74, 6) is 4.61. The van der Waals surface area contributed by atoms with E-state index in [0.717, 1.165) is 6.42 Å². The number of pyridine rings is 1. The number of hydrogen-bond acceptors (Lipinski definition) is 4. The fraction of sp³-hybridized carbons (Fsp3) is 0.400. The van der Waals surface area contributed by atoms with E-state index in [9.17, 15) is 9.59 Å². The zero-order valence-corrected chi connectivity index (χ0v) is 12.2. The molecule has 0 aliphatic rings. The van der Waals surface area contributed by atoms with Crippen molar-refractivity contribution in [2.24, 2.45) is 0 Å². The highest BCUT2D eigenvalue weighted by Gasteiger charge is 2.20. The lowest BCUT2D eigenvalue weighted by atomic mass is 10.1. The number of likely N-dealkylation sites (N-methyl/N-ethyl adjacent to an activating group) is 1. The Morgan fingerprint density at radius 2 is 2.24 bits per heavy atom. The van der Waals surface area contributed by atoms with Crippen molar-refractivity contribution in [3.05, 3.63) is 29.6 Å². The number of hydrogen-bond donors (Lipinski definition) is 2. The van der Waals surface area contributed by atoms with Gasteiger partial charge in [0.1, 0.15) is 12.3 Å². The Kier molecular flexibility index (Phi) is 6.92. The normalized spacial score (nSPS) is 9.48. The first-order chi connectivity index (χ1) is 10.1. The molecule has 0 atom stereocenters. The van der Waals surface area contributed by atoms with Crippen LogP contribution in [0.25, 0.3) is 0 Å². The molecule has 1 rings (SSSR count). The Morgan fingerprint density at radius 3 is 2.86 bits per heavy atom. The zero-order chi connectivity index (χ0) is 15.7. The van der Waals surface area contributed by atoms with Gasteiger partial charge in [-0.05, 0) is 18.6 Å². The number of aromatic nitrogens is 1. The number of carbonyl (C=O) groups excluding carboxylic acids is 2. The fourth-order valence-corrected chi connectivity index (χ4v) is 1.74. The molecule has 0 aromatic carbocycles. The van der Waals surface area contributed by atoms with E-state index in [1.807, 2.05) is 6.92 Å². The predicted octanol–water partition coefficient (Wildman–Crippen LogP) is 0.0236. The standard InChI is InChI=1S/C15H19N3O3/c1-3-9-18(11-13(20)16-2)15(21)14-12(7-5-10-19)6-4-8-17-14/h4,6,8,19H,3,9-11H2,1-2H3,(H,16,20). The van der Waals surface area contributed by atoms with Crippen LogP contribution in [0, 0.1) is 11.8 Å². The van der Waals surface area contributed by atoms with Crippen LogP contribution in [0.5, 0.6) is 0 Å². The van der Waals surface area contributed by atoms with E-state index in [-0.39, 0.29) is 30.7 Å². The van der Waals surface area contributed by atoms with E-state index < -0.39 is 0 Å². The van der Waals surface area contributed by atoms with Gasteiger partial charge in [-0.3, -0.25) is 9.59 Å². The number of rotatable bonds is 5. The average molecular weight is 289 g/mol. The quantitative estimate of drug-likeness (QED) is 0.749. The van der Waals surface area contributed by atoms with Crippen molar-refractivity contribution in [2.75, 3.05) is 26.7 Å². The zero-order valence-electron chi connectivity index (χ0n) is 12.2.